The van der Waals surface area contributed by atoms with Gasteiger partial charge in [-0.25, -0.2) is 14.8 Å². The van der Waals surface area contributed by atoms with Crippen molar-refractivity contribution in [2.45, 2.75) is 20.5 Å². The van der Waals surface area contributed by atoms with Crippen molar-refractivity contribution in [1.29, 1.82) is 0 Å². The Balaban J connectivity index is 1.48. The van der Waals surface area contributed by atoms with Gasteiger partial charge in [0, 0.05) is 0 Å². The molecule has 8 heteroatoms. The summed E-state index contributed by atoms with van der Waals surface area (Å²) in [6.45, 7) is 3.63. The molecule has 0 amide bonds. The van der Waals surface area contributed by atoms with E-state index in [9.17, 15) is 4.79 Å². The first kappa shape index (κ1) is 18.5. The number of hydrogen-bond donors (Lipinski definition) is 0. The van der Waals surface area contributed by atoms with Crippen LogP contribution in [-0.2, 0) is 11.3 Å². The average molecular weight is 390 g/mol. The Bertz CT molecular complexity index is 1200. The van der Waals surface area contributed by atoms with Crippen molar-refractivity contribution >= 4 is 17.0 Å². The topological polar surface area (TPSA) is 100 Å². The molecule has 0 bridgehead atoms. The summed E-state index contributed by atoms with van der Waals surface area (Å²) in [5.74, 6) is 0.662. The third-order valence-electron chi connectivity index (χ3n) is 4.45. The van der Waals surface area contributed by atoms with Crippen molar-refractivity contribution in [3.05, 3.63) is 65.3 Å². The van der Waals surface area contributed by atoms with E-state index in [1.807, 2.05) is 32.0 Å². The van der Waals surface area contributed by atoms with Crippen molar-refractivity contribution in [3.63, 3.8) is 0 Å². The van der Waals surface area contributed by atoms with Crippen molar-refractivity contribution in [3.8, 4) is 17.1 Å². The minimum atomic E-state index is -0.510. The van der Waals surface area contributed by atoms with Crippen LogP contribution in [0.15, 0.2) is 47.0 Å². The van der Waals surface area contributed by atoms with Crippen molar-refractivity contribution < 1.29 is 18.8 Å². The lowest BCUT2D eigenvalue weighted by atomic mass is 10.2. The number of hydrogen-bond acceptors (Lipinski definition) is 8. The van der Waals surface area contributed by atoms with E-state index < -0.39 is 5.97 Å². The predicted octanol–water partition coefficient (Wildman–Crippen LogP) is 3.66. The average Bonchev–Trinajstić information content (AvgIpc) is 3.21. The monoisotopic (exact) mass is 390 g/mol. The number of fused-ring (bicyclic) bond motifs is 1. The summed E-state index contributed by atoms with van der Waals surface area (Å²) in [5, 5.41) is 3.93. The fourth-order valence-corrected chi connectivity index (χ4v) is 2.82. The second-order valence-electron chi connectivity index (χ2n) is 6.39. The van der Waals surface area contributed by atoms with Crippen LogP contribution in [0.2, 0.25) is 0 Å². The number of para-hydroxylation sites is 1. The number of aryl methyl sites for hydroxylation is 2. The maximum atomic E-state index is 12.4. The Labute approximate surface area is 166 Å². The molecule has 2 aromatic carbocycles. The first-order valence-electron chi connectivity index (χ1n) is 8.93. The Hall–Kier alpha value is -3.81. The molecule has 4 rings (SSSR count). The standard InChI is InChI=1S/C21H18N4O4/c1-12-13(2)23-17-10-14(8-9-16(17)22-12)21(26)28-11-19-24-20(25-29-19)15-6-4-5-7-18(15)27-3/h4-10H,11H2,1-3H3. The fourth-order valence-electron chi connectivity index (χ4n) is 2.82. The highest BCUT2D eigenvalue weighted by Gasteiger charge is 2.15. The maximum absolute atomic E-state index is 12.4. The van der Waals surface area contributed by atoms with Gasteiger partial charge in [0.25, 0.3) is 5.89 Å². The third-order valence-corrected chi connectivity index (χ3v) is 4.45. The lowest BCUT2D eigenvalue weighted by molar-refractivity contribution is 0.0430. The largest absolute Gasteiger partial charge is 0.496 e. The molecule has 0 atom stereocenters. The van der Waals surface area contributed by atoms with Crippen LogP contribution in [0.4, 0.5) is 0 Å². The third kappa shape index (κ3) is 3.77. The zero-order chi connectivity index (χ0) is 20.4. The van der Waals surface area contributed by atoms with E-state index in [1.54, 1.807) is 31.4 Å². The van der Waals surface area contributed by atoms with Gasteiger partial charge in [-0.15, -0.1) is 0 Å². The van der Waals surface area contributed by atoms with Gasteiger partial charge in [0.2, 0.25) is 5.82 Å². The Morgan fingerprint density at radius 3 is 2.55 bits per heavy atom. The quantitative estimate of drug-likeness (QED) is 0.476. The Morgan fingerprint density at radius 2 is 1.76 bits per heavy atom. The van der Waals surface area contributed by atoms with E-state index in [0.717, 1.165) is 16.9 Å². The number of carbonyl (C=O) groups excluding carboxylic acids is 1. The summed E-state index contributed by atoms with van der Waals surface area (Å²) >= 11 is 0. The van der Waals surface area contributed by atoms with Crippen LogP contribution in [0.3, 0.4) is 0 Å². The molecule has 146 valence electrons. The molecule has 0 saturated heterocycles. The summed E-state index contributed by atoms with van der Waals surface area (Å²) < 4.78 is 15.8. The zero-order valence-corrected chi connectivity index (χ0v) is 16.2. The van der Waals surface area contributed by atoms with Crippen LogP contribution >= 0.6 is 0 Å². The highest BCUT2D eigenvalue weighted by atomic mass is 16.6. The number of ether oxygens (including phenoxy) is 2. The first-order chi connectivity index (χ1) is 14.0. The van der Waals surface area contributed by atoms with Crippen molar-refractivity contribution in [1.82, 2.24) is 20.1 Å². The summed E-state index contributed by atoms with van der Waals surface area (Å²) in [5.41, 5.74) is 4.10. The van der Waals surface area contributed by atoms with Crippen LogP contribution in [0.25, 0.3) is 22.4 Å². The van der Waals surface area contributed by atoms with Gasteiger partial charge in [0.05, 0.1) is 40.7 Å². The van der Waals surface area contributed by atoms with E-state index >= 15 is 0 Å². The molecule has 8 nitrogen and oxygen atoms in total. The number of esters is 1. The molecule has 0 aliphatic heterocycles. The summed E-state index contributed by atoms with van der Waals surface area (Å²) in [6.07, 6.45) is 0. The van der Waals surface area contributed by atoms with Gasteiger partial charge >= 0.3 is 5.97 Å². The fraction of sp³-hybridized carbons (Fsp3) is 0.190. The number of methoxy groups -OCH3 is 1. The van der Waals surface area contributed by atoms with E-state index in [0.29, 0.717) is 28.2 Å². The predicted molar refractivity (Wildman–Crippen MR) is 104 cm³/mol. The van der Waals surface area contributed by atoms with E-state index in [-0.39, 0.29) is 12.5 Å². The molecule has 2 aromatic heterocycles. The van der Waals surface area contributed by atoms with Crippen molar-refractivity contribution in [2.75, 3.05) is 7.11 Å². The van der Waals surface area contributed by atoms with Crippen LogP contribution in [-0.4, -0.2) is 33.2 Å². The molecule has 0 unspecified atom stereocenters. The normalized spacial score (nSPS) is 10.9. The zero-order valence-electron chi connectivity index (χ0n) is 16.2. The van der Waals surface area contributed by atoms with E-state index in [1.165, 1.54) is 0 Å². The SMILES string of the molecule is COc1ccccc1-c1noc(COC(=O)c2ccc3nc(C)c(C)nc3c2)n1. The molecule has 0 radical (unpaired) electrons. The van der Waals surface area contributed by atoms with E-state index in [4.69, 9.17) is 14.0 Å². The van der Waals surface area contributed by atoms with Crippen LogP contribution in [0.1, 0.15) is 27.6 Å². The second-order valence-corrected chi connectivity index (χ2v) is 6.39. The molecule has 0 N–H and O–H groups in total. The van der Waals surface area contributed by atoms with Gasteiger partial charge in [-0.3, -0.25) is 0 Å². The summed E-state index contributed by atoms with van der Waals surface area (Å²) in [7, 11) is 1.57. The molecule has 0 aliphatic carbocycles. The second kappa shape index (κ2) is 7.67. The highest BCUT2D eigenvalue weighted by molar-refractivity contribution is 5.93. The van der Waals surface area contributed by atoms with Gasteiger partial charge in [-0.2, -0.15) is 4.98 Å². The molecule has 0 saturated carbocycles. The number of rotatable bonds is 5. The van der Waals surface area contributed by atoms with Gasteiger partial charge < -0.3 is 14.0 Å². The first-order valence-corrected chi connectivity index (χ1v) is 8.93. The number of aromatic nitrogens is 4. The molecular weight excluding hydrogens is 372 g/mol. The van der Waals surface area contributed by atoms with E-state index in [2.05, 4.69) is 20.1 Å². The minimum absolute atomic E-state index is 0.141. The molecule has 0 spiro atoms. The lowest BCUT2D eigenvalue weighted by Gasteiger charge is -2.05. The van der Waals surface area contributed by atoms with Crippen LogP contribution in [0.5, 0.6) is 5.75 Å². The highest BCUT2D eigenvalue weighted by Crippen LogP contribution is 2.27. The Morgan fingerprint density at radius 1 is 1.00 bits per heavy atom. The molecule has 0 fully saturated rings. The van der Waals surface area contributed by atoms with Gasteiger partial charge in [-0.1, -0.05) is 17.3 Å². The maximum Gasteiger partial charge on any atom is 0.338 e. The number of carbonyl (C=O) groups is 1. The van der Waals surface area contributed by atoms with Crippen LogP contribution < -0.4 is 4.74 Å². The molecular formula is C21H18N4O4. The van der Waals surface area contributed by atoms with Crippen LogP contribution in [0, 0.1) is 13.8 Å². The minimum Gasteiger partial charge on any atom is -0.496 e. The summed E-state index contributed by atoms with van der Waals surface area (Å²) in [4.78, 5) is 25.6. The molecule has 2 heterocycles. The molecule has 0 aliphatic rings. The smallest absolute Gasteiger partial charge is 0.338 e. The van der Waals surface area contributed by atoms with Gasteiger partial charge in [0.15, 0.2) is 6.61 Å². The van der Waals surface area contributed by atoms with Gasteiger partial charge in [-0.05, 0) is 44.2 Å². The van der Waals surface area contributed by atoms with Gasteiger partial charge in [0.1, 0.15) is 5.75 Å². The Kier molecular flexibility index (Phi) is 4.90. The molecule has 4 aromatic rings. The summed E-state index contributed by atoms with van der Waals surface area (Å²) in [6, 6.07) is 12.4. The lowest BCUT2D eigenvalue weighted by Crippen LogP contribution is -2.06. The molecule has 29 heavy (non-hydrogen) atoms. The van der Waals surface area contributed by atoms with Crippen molar-refractivity contribution in [2.24, 2.45) is 0 Å². The number of benzene rings is 2. The number of nitrogens with zero attached hydrogens (tertiary/aromatic N) is 4.